The second kappa shape index (κ2) is 5.73. The highest BCUT2D eigenvalue weighted by Gasteiger charge is 2.14. The zero-order valence-electron chi connectivity index (χ0n) is 9.97. The first-order valence-corrected chi connectivity index (χ1v) is 6.40. The largest absolute Gasteiger partial charge is 0.398 e. The van der Waals surface area contributed by atoms with Gasteiger partial charge in [0.25, 0.3) is 5.91 Å². The highest BCUT2D eigenvalue weighted by Crippen LogP contribution is 2.16. The second-order valence-electron chi connectivity index (χ2n) is 3.99. The number of para-hydroxylation sites is 1. The van der Waals surface area contributed by atoms with E-state index in [4.69, 9.17) is 5.73 Å². The fourth-order valence-corrected chi connectivity index (χ4v) is 1.96. The van der Waals surface area contributed by atoms with E-state index in [0.29, 0.717) is 12.3 Å². The number of pyridine rings is 1. The van der Waals surface area contributed by atoms with Crippen LogP contribution in [0, 0.1) is 0 Å². The quantitative estimate of drug-likeness (QED) is 0.563. The third-order valence-electron chi connectivity index (χ3n) is 2.71. The summed E-state index contributed by atoms with van der Waals surface area (Å²) in [4.78, 5) is 11.7. The van der Waals surface area contributed by atoms with Crippen LogP contribution in [0.25, 0.3) is 10.9 Å². The predicted molar refractivity (Wildman–Crippen MR) is 75.4 cm³/mol. The molecule has 0 unspecified atom stereocenters. The molecule has 0 bridgehead atoms. The summed E-state index contributed by atoms with van der Waals surface area (Å²) in [6.07, 6.45) is 1.83. The Hall–Kier alpha value is -1.75. The van der Waals surface area contributed by atoms with Crippen molar-refractivity contribution >= 4 is 35.1 Å². The number of fused-ring (bicyclic) bond motifs is 1. The Morgan fingerprint density at radius 2 is 2.11 bits per heavy atom. The van der Waals surface area contributed by atoms with Crippen LogP contribution in [-0.2, 0) is 11.3 Å². The van der Waals surface area contributed by atoms with Crippen LogP contribution in [0.2, 0.25) is 0 Å². The first-order valence-electron chi connectivity index (χ1n) is 5.76. The highest BCUT2D eigenvalue weighted by molar-refractivity contribution is 7.80. The van der Waals surface area contributed by atoms with E-state index in [1.807, 2.05) is 41.1 Å². The van der Waals surface area contributed by atoms with Crippen molar-refractivity contribution in [2.75, 3.05) is 18.0 Å². The van der Waals surface area contributed by atoms with Crippen LogP contribution >= 0.6 is 12.6 Å². The average Bonchev–Trinajstić information content (AvgIpc) is 2.40. The molecule has 5 heteroatoms. The number of carbonyl (C=O) groups is 1. The Morgan fingerprint density at radius 3 is 2.89 bits per heavy atom. The molecular formula is C13H16N3OS+. The van der Waals surface area contributed by atoms with Crippen LogP contribution in [0.4, 0.5) is 5.69 Å². The molecule has 0 fully saturated rings. The van der Waals surface area contributed by atoms with Gasteiger partial charge in [-0.2, -0.15) is 17.2 Å². The number of nitrogen functional groups attached to an aromatic ring is 1. The number of rotatable bonds is 4. The third-order valence-corrected chi connectivity index (χ3v) is 2.93. The number of anilines is 1. The Kier molecular flexibility index (Phi) is 4.04. The van der Waals surface area contributed by atoms with Crippen molar-refractivity contribution in [3.63, 3.8) is 0 Å². The maximum absolute atomic E-state index is 11.7. The number of nitrogens with two attached hydrogens (primary N) is 1. The van der Waals surface area contributed by atoms with Crippen molar-refractivity contribution in [3.05, 3.63) is 36.5 Å². The highest BCUT2D eigenvalue weighted by atomic mass is 32.1. The molecule has 0 radical (unpaired) electrons. The normalized spacial score (nSPS) is 10.5. The van der Waals surface area contributed by atoms with E-state index in [9.17, 15) is 4.79 Å². The molecule has 1 amide bonds. The zero-order chi connectivity index (χ0) is 13.0. The molecule has 0 atom stereocenters. The average molecular weight is 262 g/mol. The monoisotopic (exact) mass is 262 g/mol. The molecule has 0 saturated carbocycles. The summed E-state index contributed by atoms with van der Waals surface area (Å²) in [5.74, 6) is 0.614. The number of benzene rings is 1. The molecule has 1 heterocycles. The van der Waals surface area contributed by atoms with Gasteiger partial charge in [-0.25, -0.2) is 0 Å². The fourth-order valence-electron chi connectivity index (χ4n) is 1.85. The van der Waals surface area contributed by atoms with Crippen molar-refractivity contribution < 1.29 is 9.36 Å². The van der Waals surface area contributed by atoms with Gasteiger partial charge in [0.2, 0.25) is 12.1 Å². The predicted octanol–water partition coefficient (Wildman–Crippen LogP) is 0.755. The van der Waals surface area contributed by atoms with Crippen LogP contribution in [-0.4, -0.2) is 18.2 Å². The molecule has 0 saturated heterocycles. The number of hydrogen-bond donors (Lipinski definition) is 3. The van der Waals surface area contributed by atoms with Gasteiger partial charge in [-0.05, 0) is 6.07 Å². The maximum Gasteiger partial charge on any atom is 0.286 e. The lowest BCUT2D eigenvalue weighted by Crippen LogP contribution is -2.43. The van der Waals surface area contributed by atoms with Crippen LogP contribution in [0.5, 0.6) is 0 Å². The lowest BCUT2D eigenvalue weighted by molar-refractivity contribution is -0.658. The van der Waals surface area contributed by atoms with E-state index in [2.05, 4.69) is 17.9 Å². The van der Waals surface area contributed by atoms with Crippen molar-refractivity contribution in [1.29, 1.82) is 0 Å². The minimum Gasteiger partial charge on any atom is -0.398 e. The minimum atomic E-state index is -0.0241. The molecule has 2 aromatic rings. The summed E-state index contributed by atoms with van der Waals surface area (Å²) in [5.41, 5.74) is 7.59. The lowest BCUT2D eigenvalue weighted by Gasteiger charge is -2.04. The lowest BCUT2D eigenvalue weighted by atomic mass is 10.2. The van der Waals surface area contributed by atoms with Gasteiger partial charge < -0.3 is 11.1 Å². The fraction of sp³-hybridized carbons (Fsp3) is 0.231. The molecule has 3 N–H and O–H groups in total. The molecule has 4 nitrogen and oxygen atoms in total. The summed E-state index contributed by atoms with van der Waals surface area (Å²) in [6, 6.07) is 9.59. The van der Waals surface area contributed by atoms with E-state index >= 15 is 0 Å². The molecule has 0 spiro atoms. The summed E-state index contributed by atoms with van der Waals surface area (Å²) >= 11 is 4.06. The van der Waals surface area contributed by atoms with Gasteiger partial charge in [-0.15, -0.1) is 0 Å². The molecule has 18 heavy (non-hydrogen) atoms. The summed E-state index contributed by atoms with van der Waals surface area (Å²) in [7, 11) is 0. The zero-order valence-corrected chi connectivity index (χ0v) is 10.9. The van der Waals surface area contributed by atoms with Gasteiger partial charge in [0.1, 0.15) is 0 Å². The van der Waals surface area contributed by atoms with Crippen molar-refractivity contribution in [2.45, 2.75) is 6.54 Å². The molecular weight excluding hydrogens is 246 g/mol. The van der Waals surface area contributed by atoms with E-state index in [1.165, 1.54) is 0 Å². The maximum atomic E-state index is 11.7. The van der Waals surface area contributed by atoms with E-state index < -0.39 is 0 Å². The van der Waals surface area contributed by atoms with E-state index in [0.717, 1.165) is 16.6 Å². The first-order chi connectivity index (χ1) is 8.72. The van der Waals surface area contributed by atoms with E-state index in [1.54, 1.807) is 0 Å². The smallest absolute Gasteiger partial charge is 0.286 e. The Bertz CT molecular complexity index is 571. The van der Waals surface area contributed by atoms with Crippen LogP contribution in [0.15, 0.2) is 36.5 Å². The summed E-state index contributed by atoms with van der Waals surface area (Å²) in [6.45, 7) is 0.865. The summed E-state index contributed by atoms with van der Waals surface area (Å²) in [5, 5.41) is 3.75. The third kappa shape index (κ3) is 2.73. The van der Waals surface area contributed by atoms with Gasteiger partial charge >= 0.3 is 0 Å². The molecule has 1 aromatic heterocycles. The standard InChI is InChI=1S/C13H15N3OS/c14-11-5-7-16(9-13(17)15-6-8-18)12-4-2-1-3-10(11)12/h1-5,7,14H,6,8-9H2,(H2,15,17,18)/p+1. The Morgan fingerprint density at radius 1 is 1.33 bits per heavy atom. The number of nitrogens with one attached hydrogen (secondary N) is 1. The molecule has 0 aliphatic rings. The van der Waals surface area contributed by atoms with Gasteiger partial charge in [-0.3, -0.25) is 4.79 Å². The molecule has 0 aliphatic carbocycles. The summed E-state index contributed by atoms with van der Waals surface area (Å²) < 4.78 is 1.89. The Labute approximate surface area is 111 Å². The number of thiol groups is 1. The molecule has 94 valence electrons. The van der Waals surface area contributed by atoms with Gasteiger partial charge in [0.05, 0.1) is 11.1 Å². The van der Waals surface area contributed by atoms with Crippen LogP contribution < -0.4 is 15.6 Å². The van der Waals surface area contributed by atoms with Gasteiger partial charge in [-0.1, -0.05) is 12.1 Å². The minimum absolute atomic E-state index is 0.0241. The van der Waals surface area contributed by atoms with Crippen LogP contribution in [0.1, 0.15) is 0 Å². The van der Waals surface area contributed by atoms with Crippen molar-refractivity contribution in [2.24, 2.45) is 0 Å². The number of nitrogens with zero attached hydrogens (tertiary/aromatic N) is 1. The van der Waals surface area contributed by atoms with Crippen molar-refractivity contribution in [1.82, 2.24) is 5.32 Å². The Balaban J connectivity index is 2.29. The number of aromatic nitrogens is 1. The number of carbonyl (C=O) groups excluding carboxylic acids is 1. The van der Waals surface area contributed by atoms with Gasteiger partial charge in [0.15, 0.2) is 6.20 Å². The first kappa shape index (κ1) is 12.7. The number of amides is 1. The molecule has 0 aliphatic heterocycles. The molecule has 1 aromatic carbocycles. The van der Waals surface area contributed by atoms with E-state index in [-0.39, 0.29) is 12.5 Å². The SMILES string of the molecule is Nc1cc[n+](CC(=O)NCCS)c2ccccc12. The number of hydrogen-bond acceptors (Lipinski definition) is 3. The van der Waals surface area contributed by atoms with Gasteiger partial charge in [0, 0.05) is 24.4 Å². The topological polar surface area (TPSA) is 59.0 Å². The van der Waals surface area contributed by atoms with Crippen molar-refractivity contribution in [3.8, 4) is 0 Å². The molecule has 2 rings (SSSR count). The van der Waals surface area contributed by atoms with Crippen LogP contribution in [0.3, 0.4) is 0 Å². The second-order valence-corrected chi connectivity index (χ2v) is 4.44.